The number of carbonyl (C=O) groups excluding carboxylic acids is 1. The number of nitrogens with zero attached hydrogens (tertiary/aromatic N) is 1. The van der Waals surface area contributed by atoms with Gasteiger partial charge in [-0.25, -0.2) is 0 Å². The summed E-state index contributed by atoms with van der Waals surface area (Å²) in [4.78, 5) is 11.2. The fourth-order valence-electron chi connectivity index (χ4n) is 1.10. The van der Waals surface area contributed by atoms with Crippen LogP contribution in [-0.2, 0) is 9.53 Å². The third-order valence-corrected chi connectivity index (χ3v) is 2.11. The van der Waals surface area contributed by atoms with Gasteiger partial charge in [0, 0.05) is 6.42 Å². The largest absolute Gasteiger partial charge is 0.460 e. The van der Waals surface area contributed by atoms with E-state index in [1.165, 1.54) is 0 Å². The van der Waals surface area contributed by atoms with Gasteiger partial charge in [-0.15, -0.1) is 0 Å². The lowest BCUT2D eigenvalue weighted by molar-refractivity contribution is -0.870. The number of nitrogens with two attached hydrogens (primary N) is 1. The molecule has 0 atom stereocenters. The summed E-state index contributed by atoms with van der Waals surface area (Å²) in [5, 5.41) is 0. The fraction of sp³-hybridized carbons (Fsp3) is 0.909. The summed E-state index contributed by atoms with van der Waals surface area (Å²) in [6.07, 6.45) is 3.42. The van der Waals surface area contributed by atoms with Crippen molar-refractivity contribution in [2.24, 2.45) is 5.73 Å². The van der Waals surface area contributed by atoms with E-state index in [1.54, 1.807) is 0 Å². The zero-order valence-corrected chi connectivity index (χ0v) is 10.3. The summed E-state index contributed by atoms with van der Waals surface area (Å²) in [7, 11) is 6.24. The van der Waals surface area contributed by atoms with Crippen LogP contribution in [0.4, 0.5) is 0 Å². The van der Waals surface area contributed by atoms with Crippen molar-refractivity contribution in [3.63, 3.8) is 0 Å². The molecule has 0 rings (SSSR count). The molecule has 0 unspecified atom stereocenters. The van der Waals surface area contributed by atoms with E-state index in [2.05, 4.69) is 21.1 Å². The van der Waals surface area contributed by atoms with Crippen LogP contribution < -0.4 is 5.73 Å². The molecule has 90 valence electrons. The monoisotopic (exact) mass is 217 g/mol. The first-order chi connectivity index (χ1) is 6.95. The minimum Gasteiger partial charge on any atom is -0.460 e. The number of rotatable bonds is 8. The molecule has 0 bridgehead atoms. The van der Waals surface area contributed by atoms with Gasteiger partial charge in [-0.1, -0.05) is 6.42 Å². The number of unbranched alkanes of at least 4 members (excludes halogenated alkanes) is 2. The van der Waals surface area contributed by atoms with E-state index in [9.17, 15) is 4.79 Å². The van der Waals surface area contributed by atoms with E-state index in [0.717, 1.165) is 30.3 Å². The predicted octanol–water partition coefficient (Wildman–Crippen LogP) is 0.755. The van der Waals surface area contributed by atoms with Crippen LogP contribution in [0.15, 0.2) is 0 Å². The third-order valence-electron chi connectivity index (χ3n) is 2.11. The molecule has 0 aromatic carbocycles. The van der Waals surface area contributed by atoms with Crippen LogP contribution in [0, 0.1) is 0 Å². The van der Waals surface area contributed by atoms with Crippen LogP contribution in [0.3, 0.4) is 0 Å². The average molecular weight is 217 g/mol. The van der Waals surface area contributed by atoms with Crippen LogP contribution in [0.5, 0.6) is 0 Å². The lowest BCUT2D eigenvalue weighted by atomic mass is 10.2. The molecule has 0 aliphatic carbocycles. The minimum atomic E-state index is -0.0829. The number of ether oxygens (including phenoxy) is 1. The molecule has 0 fully saturated rings. The Morgan fingerprint density at radius 3 is 2.40 bits per heavy atom. The Bertz CT molecular complexity index is 176. The van der Waals surface area contributed by atoms with Gasteiger partial charge in [-0.2, -0.15) is 0 Å². The quantitative estimate of drug-likeness (QED) is 0.371. The van der Waals surface area contributed by atoms with E-state index in [-0.39, 0.29) is 5.97 Å². The van der Waals surface area contributed by atoms with Gasteiger partial charge in [-0.05, 0) is 19.4 Å². The van der Waals surface area contributed by atoms with Gasteiger partial charge >= 0.3 is 5.97 Å². The molecule has 0 saturated heterocycles. The Hall–Kier alpha value is -0.610. The van der Waals surface area contributed by atoms with E-state index in [0.29, 0.717) is 19.6 Å². The summed E-state index contributed by atoms with van der Waals surface area (Å²) < 4.78 is 5.93. The topological polar surface area (TPSA) is 52.3 Å². The van der Waals surface area contributed by atoms with Crippen LogP contribution in [-0.4, -0.2) is 51.3 Å². The molecule has 2 N–H and O–H groups in total. The Kier molecular flexibility index (Phi) is 7.34. The zero-order chi connectivity index (χ0) is 11.7. The number of esters is 1. The third kappa shape index (κ3) is 11.3. The average Bonchev–Trinajstić information content (AvgIpc) is 2.10. The van der Waals surface area contributed by atoms with Gasteiger partial charge in [0.2, 0.25) is 0 Å². The van der Waals surface area contributed by atoms with Crippen molar-refractivity contribution in [1.82, 2.24) is 0 Å². The summed E-state index contributed by atoms with van der Waals surface area (Å²) in [6.45, 7) is 2.07. The molecule has 4 heteroatoms. The Balaban J connectivity index is 3.34. The molecular formula is C11H25N2O2+. The van der Waals surface area contributed by atoms with Gasteiger partial charge in [0.05, 0.1) is 21.1 Å². The summed E-state index contributed by atoms with van der Waals surface area (Å²) in [6, 6.07) is 0. The number of carbonyl (C=O) groups is 1. The highest BCUT2D eigenvalue weighted by Gasteiger charge is 2.08. The highest BCUT2D eigenvalue weighted by molar-refractivity contribution is 5.69. The van der Waals surface area contributed by atoms with Crippen molar-refractivity contribution in [3.8, 4) is 0 Å². The Labute approximate surface area is 93.0 Å². The Morgan fingerprint density at radius 1 is 1.20 bits per heavy atom. The van der Waals surface area contributed by atoms with E-state index in [4.69, 9.17) is 10.5 Å². The van der Waals surface area contributed by atoms with E-state index < -0.39 is 0 Å². The SMILES string of the molecule is C[N+](C)(C)CCOC(=O)CCCCCN. The molecule has 0 radical (unpaired) electrons. The molecular weight excluding hydrogens is 192 g/mol. The highest BCUT2D eigenvalue weighted by atomic mass is 16.5. The smallest absolute Gasteiger partial charge is 0.305 e. The standard InChI is InChI=1S/C11H25N2O2/c1-13(2,3)9-10-15-11(14)7-5-4-6-8-12/h4-10,12H2,1-3H3/q+1. The lowest BCUT2D eigenvalue weighted by Gasteiger charge is -2.23. The normalized spacial score (nSPS) is 11.5. The van der Waals surface area contributed by atoms with Crippen molar-refractivity contribution in [2.45, 2.75) is 25.7 Å². The number of hydrogen-bond acceptors (Lipinski definition) is 3. The van der Waals surface area contributed by atoms with Gasteiger partial charge in [0.25, 0.3) is 0 Å². The van der Waals surface area contributed by atoms with E-state index in [1.807, 2.05) is 0 Å². The zero-order valence-electron chi connectivity index (χ0n) is 10.3. The van der Waals surface area contributed by atoms with Crippen LogP contribution in [0.2, 0.25) is 0 Å². The van der Waals surface area contributed by atoms with Gasteiger partial charge in [-0.3, -0.25) is 4.79 Å². The number of likely N-dealkylation sites (N-methyl/N-ethyl adjacent to an activating group) is 1. The first-order valence-corrected chi connectivity index (χ1v) is 5.62. The molecule has 0 amide bonds. The molecule has 15 heavy (non-hydrogen) atoms. The van der Waals surface area contributed by atoms with Crippen LogP contribution >= 0.6 is 0 Å². The lowest BCUT2D eigenvalue weighted by Crippen LogP contribution is -2.38. The second kappa shape index (κ2) is 7.65. The van der Waals surface area contributed by atoms with E-state index >= 15 is 0 Å². The van der Waals surface area contributed by atoms with Gasteiger partial charge in [0.15, 0.2) is 0 Å². The maximum atomic E-state index is 11.2. The number of hydrogen-bond donors (Lipinski definition) is 1. The first kappa shape index (κ1) is 14.4. The molecule has 4 nitrogen and oxygen atoms in total. The molecule has 0 saturated carbocycles. The number of quaternary nitrogens is 1. The second-order valence-electron chi connectivity index (χ2n) is 4.83. The summed E-state index contributed by atoms with van der Waals surface area (Å²) >= 11 is 0. The molecule has 0 aromatic rings. The molecule has 0 heterocycles. The minimum absolute atomic E-state index is 0.0829. The van der Waals surface area contributed by atoms with Crippen LogP contribution in [0.25, 0.3) is 0 Å². The van der Waals surface area contributed by atoms with Gasteiger partial charge < -0.3 is 15.0 Å². The van der Waals surface area contributed by atoms with Crippen molar-refractivity contribution >= 4 is 5.97 Å². The molecule has 0 aliphatic heterocycles. The molecule has 0 spiro atoms. The summed E-state index contributed by atoms with van der Waals surface area (Å²) in [5.74, 6) is -0.0829. The highest BCUT2D eigenvalue weighted by Crippen LogP contribution is 2.00. The van der Waals surface area contributed by atoms with Gasteiger partial charge in [0.1, 0.15) is 13.2 Å². The maximum Gasteiger partial charge on any atom is 0.305 e. The molecule has 0 aromatic heterocycles. The van der Waals surface area contributed by atoms with Crippen molar-refractivity contribution in [3.05, 3.63) is 0 Å². The Morgan fingerprint density at radius 2 is 1.87 bits per heavy atom. The maximum absolute atomic E-state index is 11.2. The first-order valence-electron chi connectivity index (χ1n) is 5.62. The van der Waals surface area contributed by atoms with Crippen LogP contribution in [0.1, 0.15) is 25.7 Å². The van der Waals surface area contributed by atoms with Crippen molar-refractivity contribution in [2.75, 3.05) is 40.8 Å². The predicted molar refractivity (Wildman–Crippen MR) is 61.4 cm³/mol. The fourth-order valence-corrected chi connectivity index (χ4v) is 1.10. The van der Waals surface area contributed by atoms with Crippen molar-refractivity contribution < 1.29 is 14.0 Å². The second-order valence-corrected chi connectivity index (χ2v) is 4.83. The molecule has 0 aliphatic rings. The van der Waals surface area contributed by atoms with Crippen molar-refractivity contribution in [1.29, 1.82) is 0 Å². The summed E-state index contributed by atoms with van der Waals surface area (Å²) in [5.41, 5.74) is 5.36.